The molecule has 0 aliphatic heterocycles. The summed E-state index contributed by atoms with van der Waals surface area (Å²) in [7, 11) is 0. The first-order chi connectivity index (χ1) is 12.4. The maximum Gasteiger partial charge on any atom is 0.271 e. The molecule has 1 rings (SSSR count). The lowest BCUT2D eigenvalue weighted by molar-refractivity contribution is 0.0384. The number of carbonyl (C=O) groups is 2. The molecule has 0 spiro atoms. The Morgan fingerprint density at radius 3 is 1.50 bits per heavy atom. The lowest BCUT2D eigenvalue weighted by Crippen LogP contribution is -2.48. The molecule has 0 fully saturated rings. The molecule has 0 aliphatic rings. The van der Waals surface area contributed by atoms with E-state index in [9.17, 15) is 19.8 Å². The zero-order valence-corrected chi connectivity index (χ0v) is 13.7. The zero-order valence-electron chi connectivity index (χ0n) is 13.7. The first kappa shape index (κ1) is 21.8. The molecule has 2 amide bonds. The molecule has 0 saturated heterocycles. The highest BCUT2D eigenvalue weighted by molar-refractivity contribution is 5.96. The molecule has 0 aromatic carbocycles. The number of hydrogen-bond acceptors (Lipinski definition) is 10. The third-order valence-electron chi connectivity index (χ3n) is 3.43. The Balaban J connectivity index is 2.86. The quantitative estimate of drug-likeness (QED) is 0.196. The van der Waals surface area contributed by atoms with E-state index in [0.717, 1.165) is 12.4 Å². The molecule has 12 nitrogen and oxygen atoms in total. The summed E-state index contributed by atoms with van der Waals surface area (Å²) >= 11 is 0. The highest BCUT2D eigenvalue weighted by Crippen LogP contribution is 2.01. The molecule has 0 aliphatic carbocycles. The molecular formula is C14H22N4O8. The minimum Gasteiger partial charge on any atom is -0.394 e. The Kier molecular flexibility index (Phi) is 8.98. The maximum atomic E-state index is 12.1. The van der Waals surface area contributed by atoms with E-state index in [2.05, 4.69) is 20.6 Å². The molecule has 4 atom stereocenters. The van der Waals surface area contributed by atoms with Gasteiger partial charge in [0.1, 0.15) is 11.4 Å². The number of aliphatic hydroxyl groups excluding tert-OH is 6. The number of nitrogens with one attached hydrogen (secondary N) is 2. The van der Waals surface area contributed by atoms with Crippen LogP contribution in [0.4, 0.5) is 0 Å². The second-order valence-electron chi connectivity index (χ2n) is 5.31. The van der Waals surface area contributed by atoms with Crippen molar-refractivity contribution in [3.05, 3.63) is 23.8 Å². The van der Waals surface area contributed by atoms with Gasteiger partial charge in [-0.15, -0.1) is 0 Å². The minimum absolute atomic E-state index is 0.301. The van der Waals surface area contributed by atoms with Gasteiger partial charge in [-0.05, 0) is 0 Å². The Morgan fingerprint density at radius 2 is 1.19 bits per heavy atom. The summed E-state index contributed by atoms with van der Waals surface area (Å²) in [6.07, 6.45) is -0.710. The molecule has 1 heterocycles. The molecule has 0 saturated carbocycles. The third kappa shape index (κ3) is 5.94. The van der Waals surface area contributed by atoms with Gasteiger partial charge in [-0.1, -0.05) is 0 Å². The van der Waals surface area contributed by atoms with E-state index in [4.69, 9.17) is 20.4 Å². The van der Waals surface area contributed by atoms with Gasteiger partial charge in [-0.2, -0.15) is 0 Å². The van der Waals surface area contributed by atoms with E-state index in [0.29, 0.717) is 0 Å². The Bertz CT molecular complexity index is 555. The minimum atomic E-state index is -1.39. The number of aliphatic hydroxyl groups is 6. The standard InChI is InChI=1S/C14H22N4O8/c19-3-9(11(23)5-21)17-13(25)7-1-15-2-8(16-7)14(26)18-10(4-20)12(24)6-22/h1-2,9-12,19-24H,3-6H2,(H,17,25)(H,18,26). The fraction of sp³-hybridized carbons (Fsp3) is 0.571. The number of nitrogens with zero attached hydrogens (tertiary/aromatic N) is 2. The molecule has 1 aromatic heterocycles. The average molecular weight is 374 g/mol. The van der Waals surface area contributed by atoms with E-state index < -0.39 is 62.5 Å². The summed E-state index contributed by atoms with van der Waals surface area (Å²) in [5.41, 5.74) is -0.603. The smallest absolute Gasteiger partial charge is 0.271 e. The molecular weight excluding hydrogens is 352 g/mol. The lowest BCUT2D eigenvalue weighted by atomic mass is 10.1. The maximum absolute atomic E-state index is 12.1. The summed E-state index contributed by atoms with van der Waals surface area (Å²) in [6.45, 7) is -2.65. The molecule has 146 valence electrons. The second-order valence-corrected chi connectivity index (χ2v) is 5.31. The number of carbonyl (C=O) groups excluding carboxylic acids is 2. The molecule has 1 aromatic rings. The number of amides is 2. The van der Waals surface area contributed by atoms with Crippen LogP contribution < -0.4 is 10.6 Å². The summed E-state index contributed by atoms with van der Waals surface area (Å²) in [6, 6.07) is -2.30. The van der Waals surface area contributed by atoms with E-state index in [1.165, 1.54) is 0 Å². The van der Waals surface area contributed by atoms with Crippen molar-refractivity contribution in [3.63, 3.8) is 0 Å². The van der Waals surface area contributed by atoms with Crippen LogP contribution in [0.15, 0.2) is 12.4 Å². The fourth-order valence-electron chi connectivity index (χ4n) is 1.85. The van der Waals surface area contributed by atoms with Crippen LogP contribution in [0.5, 0.6) is 0 Å². The van der Waals surface area contributed by atoms with Gasteiger partial charge in [0.25, 0.3) is 11.8 Å². The van der Waals surface area contributed by atoms with Gasteiger partial charge in [0, 0.05) is 0 Å². The number of hydrogen-bond donors (Lipinski definition) is 8. The van der Waals surface area contributed by atoms with E-state index in [1.54, 1.807) is 0 Å². The van der Waals surface area contributed by atoms with Crippen LogP contribution in [0.1, 0.15) is 21.0 Å². The molecule has 12 heteroatoms. The summed E-state index contributed by atoms with van der Waals surface area (Å²) < 4.78 is 0. The van der Waals surface area contributed by atoms with Crippen molar-refractivity contribution in [2.24, 2.45) is 0 Å². The predicted octanol–water partition coefficient (Wildman–Crippen LogP) is -4.64. The molecule has 0 bridgehead atoms. The van der Waals surface area contributed by atoms with Crippen LogP contribution in [0, 0.1) is 0 Å². The van der Waals surface area contributed by atoms with E-state index in [1.807, 2.05) is 0 Å². The zero-order chi connectivity index (χ0) is 19.7. The van der Waals surface area contributed by atoms with Gasteiger partial charge >= 0.3 is 0 Å². The largest absolute Gasteiger partial charge is 0.394 e. The van der Waals surface area contributed by atoms with Crippen molar-refractivity contribution >= 4 is 11.8 Å². The highest BCUT2D eigenvalue weighted by Gasteiger charge is 2.24. The van der Waals surface area contributed by atoms with Crippen LogP contribution in [0.25, 0.3) is 0 Å². The van der Waals surface area contributed by atoms with Crippen molar-refractivity contribution in [1.82, 2.24) is 20.6 Å². The molecule has 8 N–H and O–H groups in total. The number of rotatable bonds is 10. The van der Waals surface area contributed by atoms with Crippen molar-refractivity contribution in [2.75, 3.05) is 26.4 Å². The summed E-state index contributed by atoms with van der Waals surface area (Å²) in [4.78, 5) is 31.6. The van der Waals surface area contributed by atoms with Crippen molar-refractivity contribution < 1.29 is 40.2 Å². The van der Waals surface area contributed by atoms with E-state index in [-0.39, 0.29) is 11.4 Å². The molecule has 4 unspecified atom stereocenters. The van der Waals surface area contributed by atoms with Crippen molar-refractivity contribution in [1.29, 1.82) is 0 Å². The van der Waals surface area contributed by atoms with Crippen LogP contribution in [-0.4, -0.2) is 103 Å². The first-order valence-corrected chi connectivity index (χ1v) is 7.61. The monoisotopic (exact) mass is 374 g/mol. The van der Waals surface area contributed by atoms with Crippen LogP contribution in [0.3, 0.4) is 0 Å². The average Bonchev–Trinajstić information content (AvgIpc) is 2.68. The van der Waals surface area contributed by atoms with Gasteiger partial charge in [0.05, 0.1) is 63.1 Å². The summed E-state index contributed by atoms with van der Waals surface area (Å²) in [5, 5.41) is 59.3. The highest BCUT2D eigenvalue weighted by atomic mass is 16.3. The van der Waals surface area contributed by atoms with Gasteiger partial charge < -0.3 is 41.3 Å². The molecule has 0 radical (unpaired) electrons. The third-order valence-corrected chi connectivity index (χ3v) is 3.43. The van der Waals surface area contributed by atoms with Crippen LogP contribution in [-0.2, 0) is 0 Å². The Hall–Kier alpha value is -2.22. The van der Waals surface area contributed by atoms with E-state index >= 15 is 0 Å². The fourth-order valence-corrected chi connectivity index (χ4v) is 1.85. The van der Waals surface area contributed by atoms with Crippen molar-refractivity contribution in [3.8, 4) is 0 Å². The summed E-state index contributed by atoms with van der Waals surface area (Å²) in [5.74, 6) is -1.71. The van der Waals surface area contributed by atoms with Gasteiger partial charge in [-0.3, -0.25) is 14.6 Å². The lowest BCUT2D eigenvalue weighted by Gasteiger charge is -2.21. The normalized spacial score (nSPS) is 15.6. The predicted molar refractivity (Wildman–Crippen MR) is 84.9 cm³/mol. The van der Waals surface area contributed by atoms with Gasteiger partial charge in [-0.25, -0.2) is 4.98 Å². The molecule has 26 heavy (non-hydrogen) atoms. The number of aromatic nitrogens is 2. The SMILES string of the molecule is O=C(NC(CO)C(O)CO)c1cncc(C(=O)NC(CO)C(O)CO)n1. The Labute approximate surface area is 148 Å². The van der Waals surface area contributed by atoms with Gasteiger partial charge in [0.15, 0.2) is 0 Å². The van der Waals surface area contributed by atoms with Crippen molar-refractivity contribution in [2.45, 2.75) is 24.3 Å². The topological polar surface area (TPSA) is 205 Å². The van der Waals surface area contributed by atoms with Crippen LogP contribution >= 0.6 is 0 Å². The van der Waals surface area contributed by atoms with Crippen LogP contribution in [0.2, 0.25) is 0 Å². The van der Waals surface area contributed by atoms with Gasteiger partial charge in [0.2, 0.25) is 0 Å². The first-order valence-electron chi connectivity index (χ1n) is 7.61. The second kappa shape index (κ2) is 10.7. The Morgan fingerprint density at radius 1 is 0.808 bits per heavy atom.